The van der Waals surface area contributed by atoms with Crippen LogP contribution in [0.4, 0.5) is 9.59 Å². The number of aliphatic hydroxyl groups excluding tert-OH is 2. The average Bonchev–Trinajstić information content (AvgIpc) is 3.85. The number of rotatable bonds is 7. The Labute approximate surface area is 345 Å². The Balaban J connectivity index is 0.000000402. The smallest absolute Gasteiger partial charge is 0.419 e. The van der Waals surface area contributed by atoms with Crippen molar-refractivity contribution < 1.29 is 58.2 Å². The van der Waals surface area contributed by atoms with Gasteiger partial charge in [-0.05, 0) is 78.6 Å². The monoisotopic (exact) mass is 823 g/mol. The standard InChI is InChI=1S/C32H46N2O9.C11H11NO3.CH4/c1-28(2,3)25-40-24(36)32(41-25,23(35)22-18-39-31(10,11)34(22)27(38)43-30(7,8)9)16-19-17-33(26(37)42-29(4,5)6)21-15-13-12-14-20(19)21;13-10(11(14)15)5-7-6-12-9-4-2-1-3-8(7)9;/h12-15,17,22-23,25,35H,16,18H2,1-11H3;1-4,6,10,12-13H,5H2,(H,14,15);1H4. The Bertz CT molecular complexity index is 2150. The van der Waals surface area contributed by atoms with Crippen LogP contribution in [0.15, 0.2) is 60.9 Å². The lowest BCUT2D eigenvalue weighted by molar-refractivity contribution is -0.179. The molecule has 4 N–H and O–H groups in total. The molecule has 4 aromatic rings. The average molecular weight is 824 g/mol. The van der Waals surface area contributed by atoms with E-state index in [-0.39, 0.29) is 26.9 Å². The number of cyclic esters (lactones) is 1. The van der Waals surface area contributed by atoms with Crippen LogP contribution in [0.1, 0.15) is 94.7 Å². The fourth-order valence-electron chi connectivity index (χ4n) is 7.00. The highest BCUT2D eigenvalue weighted by Gasteiger charge is 2.63. The molecule has 0 spiro atoms. The number of amides is 1. The number of hydrogen-bond donors (Lipinski definition) is 4. The van der Waals surface area contributed by atoms with Crippen LogP contribution < -0.4 is 0 Å². The highest BCUT2D eigenvalue weighted by atomic mass is 16.8. The van der Waals surface area contributed by atoms with E-state index in [9.17, 15) is 29.4 Å². The second-order valence-electron chi connectivity index (χ2n) is 18.3. The molecule has 59 heavy (non-hydrogen) atoms. The maximum Gasteiger partial charge on any atom is 0.419 e. The van der Waals surface area contributed by atoms with Gasteiger partial charge in [0.2, 0.25) is 11.9 Å². The lowest BCUT2D eigenvalue weighted by Gasteiger charge is -2.40. The third-order valence-corrected chi connectivity index (χ3v) is 9.75. The summed E-state index contributed by atoms with van der Waals surface area (Å²) >= 11 is 0. The van der Waals surface area contributed by atoms with E-state index in [4.69, 9.17) is 28.8 Å². The van der Waals surface area contributed by atoms with Crippen molar-refractivity contribution in [2.24, 2.45) is 5.41 Å². The molecule has 15 heteroatoms. The van der Waals surface area contributed by atoms with Gasteiger partial charge in [0.05, 0.1) is 18.2 Å². The summed E-state index contributed by atoms with van der Waals surface area (Å²) in [7, 11) is 0. The van der Waals surface area contributed by atoms with Crippen LogP contribution in [-0.2, 0) is 46.1 Å². The van der Waals surface area contributed by atoms with Gasteiger partial charge in [0, 0.05) is 46.9 Å². The first-order valence-electron chi connectivity index (χ1n) is 19.3. The number of aliphatic carboxylic acids is 1. The first-order chi connectivity index (χ1) is 26.7. The molecule has 6 rings (SSSR count). The molecule has 2 aromatic heterocycles. The Kier molecular flexibility index (Phi) is 13.4. The SMILES string of the molecule is C.CC(C)(C)OC(=O)N1C(C(O)C2(Cc3cn(C(=O)OC(C)(C)C)c4ccccc34)OC(C(C)(C)C)OC2=O)COC1(C)C.O=C(O)C(O)Cc1c[nH]c2ccccc12. The van der Waals surface area contributed by atoms with Crippen molar-refractivity contribution in [1.29, 1.82) is 0 Å². The summed E-state index contributed by atoms with van der Waals surface area (Å²) in [5.41, 5.74) is -2.39. The van der Waals surface area contributed by atoms with E-state index in [0.717, 1.165) is 16.5 Å². The van der Waals surface area contributed by atoms with E-state index in [0.29, 0.717) is 16.5 Å². The summed E-state index contributed by atoms with van der Waals surface area (Å²) in [4.78, 5) is 55.4. The van der Waals surface area contributed by atoms with Gasteiger partial charge in [-0.1, -0.05) is 64.6 Å². The zero-order valence-electron chi connectivity index (χ0n) is 35.1. The van der Waals surface area contributed by atoms with Crippen molar-refractivity contribution in [2.75, 3.05) is 6.61 Å². The van der Waals surface area contributed by atoms with Crippen LogP contribution >= 0.6 is 0 Å². The van der Waals surface area contributed by atoms with E-state index in [2.05, 4.69) is 4.98 Å². The number of benzene rings is 2. The van der Waals surface area contributed by atoms with Gasteiger partial charge in [0.1, 0.15) is 23.0 Å². The number of fused-ring (bicyclic) bond motifs is 2. The van der Waals surface area contributed by atoms with Crippen LogP contribution in [0.2, 0.25) is 0 Å². The number of para-hydroxylation sites is 2. The molecule has 0 aliphatic carbocycles. The number of carboxylic acids is 1. The molecule has 2 aliphatic heterocycles. The van der Waals surface area contributed by atoms with Crippen LogP contribution in [0.5, 0.6) is 0 Å². The number of aliphatic hydroxyl groups is 2. The predicted octanol–water partition coefficient (Wildman–Crippen LogP) is 7.18. The molecule has 1 amide bonds. The lowest BCUT2D eigenvalue weighted by Crippen LogP contribution is -2.62. The lowest BCUT2D eigenvalue weighted by atomic mass is 9.84. The number of carbonyl (C=O) groups is 4. The first-order valence-corrected chi connectivity index (χ1v) is 19.3. The Morgan fingerprint density at radius 3 is 2.03 bits per heavy atom. The molecule has 2 fully saturated rings. The van der Waals surface area contributed by atoms with Gasteiger partial charge in [0.15, 0.2) is 6.10 Å². The summed E-state index contributed by atoms with van der Waals surface area (Å²) in [6.07, 6.45) is -1.92. The highest BCUT2D eigenvalue weighted by molar-refractivity contribution is 5.93. The number of carbonyl (C=O) groups excluding carboxylic acids is 3. The number of aromatic nitrogens is 2. The molecule has 5 unspecified atom stereocenters. The molecule has 0 bridgehead atoms. The number of carboxylic acid groups (broad SMARTS) is 1. The summed E-state index contributed by atoms with van der Waals surface area (Å²) in [6, 6.07) is 13.8. The van der Waals surface area contributed by atoms with E-state index in [1.54, 1.807) is 79.9 Å². The zero-order chi connectivity index (χ0) is 43.2. The van der Waals surface area contributed by atoms with Gasteiger partial charge in [0.25, 0.3) is 0 Å². The third-order valence-electron chi connectivity index (χ3n) is 9.75. The minimum Gasteiger partial charge on any atom is -0.479 e. The summed E-state index contributed by atoms with van der Waals surface area (Å²) < 4.78 is 30.8. The fourth-order valence-corrected chi connectivity index (χ4v) is 7.00. The number of hydrogen-bond acceptors (Lipinski definition) is 11. The molecule has 5 atom stereocenters. The predicted molar refractivity (Wildman–Crippen MR) is 221 cm³/mol. The second-order valence-corrected chi connectivity index (χ2v) is 18.3. The van der Waals surface area contributed by atoms with Gasteiger partial charge in [-0.25, -0.2) is 19.2 Å². The van der Waals surface area contributed by atoms with Crippen LogP contribution in [0, 0.1) is 5.41 Å². The van der Waals surface area contributed by atoms with E-state index in [1.165, 1.54) is 9.47 Å². The number of esters is 1. The quantitative estimate of drug-likeness (QED) is 0.108. The van der Waals surface area contributed by atoms with E-state index >= 15 is 0 Å². The van der Waals surface area contributed by atoms with Crippen molar-refractivity contribution >= 4 is 45.9 Å². The van der Waals surface area contributed by atoms with Gasteiger partial charge in [-0.15, -0.1) is 0 Å². The number of H-pyrrole nitrogens is 1. The molecular weight excluding hydrogens is 762 g/mol. The van der Waals surface area contributed by atoms with E-state index < -0.39 is 76.6 Å². The van der Waals surface area contributed by atoms with Gasteiger partial charge in [-0.2, -0.15) is 0 Å². The molecule has 4 heterocycles. The topological polar surface area (TPSA) is 199 Å². The summed E-state index contributed by atoms with van der Waals surface area (Å²) in [5.74, 6) is -1.97. The molecule has 2 saturated heterocycles. The Morgan fingerprint density at radius 1 is 0.881 bits per heavy atom. The second kappa shape index (κ2) is 17.0. The minimum atomic E-state index is -1.95. The largest absolute Gasteiger partial charge is 0.479 e. The van der Waals surface area contributed by atoms with Crippen molar-refractivity contribution in [3.05, 3.63) is 72.1 Å². The van der Waals surface area contributed by atoms with Crippen molar-refractivity contribution in [3.63, 3.8) is 0 Å². The molecule has 2 aliphatic rings. The first kappa shape index (κ1) is 46.7. The van der Waals surface area contributed by atoms with Crippen LogP contribution in [0.3, 0.4) is 0 Å². The summed E-state index contributed by atoms with van der Waals surface area (Å²) in [6.45, 7) is 19.4. The number of ether oxygens (including phenoxy) is 5. The molecule has 2 aromatic carbocycles. The van der Waals surface area contributed by atoms with E-state index in [1.807, 2.05) is 57.2 Å². The Morgan fingerprint density at radius 2 is 1.46 bits per heavy atom. The van der Waals surface area contributed by atoms with Crippen LogP contribution in [-0.4, -0.2) is 108 Å². The van der Waals surface area contributed by atoms with Gasteiger partial charge >= 0.3 is 24.1 Å². The van der Waals surface area contributed by atoms with Gasteiger partial charge < -0.3 is 44.0 Å². The zero-order valence-corrected chi connectivity index (χ0v) is 35.1. The third kappa shape index (κ3) is 10.3. The highest BCUT2D eigenvalue weighted by Crippen LogP contribution is 2.44. The molecule has 0 saturated carbocycles. The molecular formula is C44H61N3O12. The number of nitrogens with zero attached hydrogens (tertiary/aromatic N) is 2. The summed E-state index contributed by atoms with van der Waals surface area (Å²) in [5, 5.41) is 31.6. The fraction of sp³-hybridized carbons (Fsp3) is 0.545. The normalized spacial score (nSPS) is 21.6. The molecule has 324 valence electrons. The van der Waals surface area contributed by atoms with Gasteiger partial charge in [-0.3, -0.25) is 9.47 Å². The maximum absolute atomic E-state index is 13.9. The molecule has 0 radical (unpaired) electrons. The van der Waals surface area contributed by atoms with Crippen molar-refractivity contribution in [3.8, 4) is 0 Å². The van der Waals surface area contributed by atoms with Crippen molar-refractivity contribution in [1.82, 2.24) is 14.5 Å². The van der Waals surface area contributed by atoms with Crippen molar-refractivity contribution in [2.45, 2.75) is 143 Å². The minimum absolute atomic E-state index is 0. The number of aromatic amines is 1. The number of nitrogens with one attached hydrogen (secondary N) is 1. The Hall–Kier alpha value is -4.96. The molecule has 15 nitrogen and oxygen atoms in total. The van der Waals surface area contributed by atoms with Crippen LogP contribution in [0.25, 0.3) is 21.8 Å². The maximum atomic E-state index is 13.9.